The minimum Gasteiger partial charge on any atom is -0.433 e. The molecule has 0 rings (SSSR count). The number of aliphatic hydroxyl groups is 2. The van der Waals surface area contributed by atoms with Crippen LogP contribution in [0.15, 0.2) is 0 Å². The van der Waals surface area contributed by atoms with E-state index in [1.54, 1.807) is 0 Å². The van der Waals surface area contributed by atoms with Gasteiger partial charge in [-0.05, 0) is 12.8 Å². The van der Waals surface area contributed by atoms with Crippen molar-refractivity contribution >= 4 is 23.7 Å². The van der Waals surface area contributed by atoms with Crippen molar-refractivity contribution in [3.63, 3.8) is 0 Å². The third kappa shape index (κ3) is 30.3. The molecule has 2 N–H and O–H groups in total. The van der Waals surface area contributed by atoms with Crippen molar-refractivity contribution in [1.29, 1.82) is 0 Å². The van der Waals surface area contributed by atoms with Crippen LogP contribution in [0.1, 0.15) is 219 Å². The Hall–Kier alpha value is -1.80. The Bertz CT molecular complexity index is 783. The van der Waals surface area contributed by atoms with Crippen LogP contribution in [0.25, 0.3) is 0 Å². The number of Topliss-reactive ketones (excluding diaryl/α,β-unsaturated/α-hetero) is 1. The summed E-state index contributed by atoms with van der Waals surface area (Å²) in [5, 5.41) is 19.9. The maximum Gasteiger partial charge on any atom is 0.385 e. The summed E-state index contributed by atoms with van der Waals surface area (Å²) in [6.07, 6.45) is 31.4. The molecule has 0 aromatic heterocycles. The number of carbonyl (C=O) groups is 4. The largest absolute Gasteiger partial charge is 0.433 e. The molecule has 2 unspecified atom stereocenters. The van der Waals surface area contributed by atoms with E-state index in [-0.39, 0.29) is 12.8 Å². The number of ether oxygens (including phenoxy) is 2. The van der Waals surface area contributed by atoms with E-state index in [9.17, 15) is 29.4 Å². The average molecular weight is 683 g/mol. The second kappa shape index (κ2) is 35.0. The van der Waals surface area contributed by atoms with Crippen LogP contribution in [-0.4, -0.2) is 46.3 Å². The van der Waals surface area contributed by atoms with Crippen molar-refractivity contribution in [2.75, 3.05) is 0 Å². The number of aliphatic hydroxyl groups excluding tert-OH is 2. The van der Waals surface area contributed by atoms with Gasteiger partial charge in [0.2, 0.25) is 6.29 Å². The smallest absolute Gasteiger partial charge is 0.385 e. The molecule has 0 heterocycles. The first-order valence-electron chi connectivity index (χ1n) is 20.2. The van der Waals surface area contributed by atoms with Gasteiger partial charge in [0, 0.05) is 12.8 Å². The highest BCUT2D eigenvalue weighted by Crippen LogP contribution is 2.16. The topological polar surface area (TPSA) is 127 Å². The Morgan fingerprint density at radius 3 is 1.00 bits per heavy atom. The summed E-state index contributed by atoms with van der Waals surface area (Å²) in [5.41, 5.74) is 0. The second-order valence-corrected chi connectivity index (χ2v) is 13.9. The maximum atomic E-state index is 12.1. The number of ketones is 1. The number of hydrogen-bond donors (Lipinski definition) is 2. The summed E-state index contributed by atoms with van der Waals surface area (Å²) in [5.74, 6) is -4.70. The maximum absolute atomic E-state index is 12.1. The fourth-order valence-electron chi connectivity index (χ4n) is 5.99. The van der Waals surface area contributed by atoms with Gasteiger partial charge in [0.1, 0.15) is 0 Å². The Labute approximate surface area is 293 Å². The quantitative estimate of drug-likeness (QED) is 0.0220. The Balaban J connectivity index is 3.74. The van der Waals surface area contributed by atoms with Crippen molar-refractivity contribution in [2.24, 2.45) is 0 Å². The molecule has 8 heteroatoms. The van der Waals surface area contributed by atoms with Crippen LogP contribution in [-0.2, 0) is 28.7 Å². The fourth-order valence-corrected chi connectivity index (χ4v) is 5.99. The van der Waals surface area contributed by atoms with Gasteiger partial charge in [-0.2, -0.15) is 0 Å². The van der Waals surface area contributed by atoms with E-state index in [1.807, 2.05) is 0 Å². The summed E-state index contributed by atoms with van der Waals surface area (Å²) in [4.78, 5) is 48.0. The van der Waals surface area contributed by atoms with Crippen molar-refractivity contribution in [3.05, 3.63) is 0 Å². The van der Waals surface area contributed by atoms with Gasteiger partial charge < -0.3 is 19.7 Å². The number of rotatable bonds is 36. The average Bonchev–Trinajstić information content (AvgIpc) is 3.07. The van der Waals surface area contributed by atoms with Crippen LogP contribution in [0.5, 0.6) is 0 Å². The lowest BCUT2D eigenvalue weighted by Crippen LogP contribution is -2.42. The van der Waals surface area contributed by atoms with Crippen LogP contribution in [0.4, 0.5) is 0 Å². The molecule has 0 aliphatic heterocycles. The molecule has 48 heavy (non-hydrogen) atoms. The molecule has 0 saturated carbocycles. The molecule has 0 spiro atoms. The first-order chi connectivity index (χ1) is 23.3. The third-order valence-corrected chi connectivity index (χ3v) is 9.17. The third-order valence-electron chi connectivity index (χ3n) is 9.17. The van der Waals surface area contributed by atoms with Crippen molar-refractivity contribution in [2.45, 2.75) is 232 Å². The lowest BCUT2D eigenvalue weighted by molar-refractivity contribution is -0.192. The van der Waals surface area contributed by atoms with Gasteiger partial charge in [-0.3, -0.25) is 14.4 Å². The highest BCUT2D eigenvalue weighted by atomic mass is 16.6. The Morgan fingerprint density at radius 2 is 0.688 bits per heavy atom. The molecule has 2 atom stereocenters. The minimum atomic E-state index is -2.30. The van der Waals surface area contributed by atoms with Gasteiger partial charge in [0.15, 0.2) is 6.10 Å². The second-order valence-electron chi connectivity index (χ2n) is 13.9. The number of hydrogen-bond acceptors (Lipinski definition) is 8. The van der Waals surface area contributed by atoms with Gasteiger partial charge >= 0.3 is 17.9 Å². The molecular formula is C40H74O8. The van der Waals surface area contributed by atoms with E-state index in [2.05, 4.69) is 18.6 Å². The highest BCUT2D eigenvalue weighted by Gasteiger charge is 2.34. The van der Waals surface area contributed by atoms with Crippen LogP contribution in [0.2, 0.25) is 0 Å². The number of carbonyl (C=O) groups excluding carboxylic acids is 4. The number of esters is 3. The molecule has 8 nitrogen and oxygen atoms in total. The molecule has 0 aromatic rings. The van der Waals surface area contributed by atoms with Gasteiger partial charge in [-0.25, -0.2) is 4.79 Å². The molecule has 0 aliphatic rings. The zero-order chi connectivity index (χ0) is 35.5. The summed E-state index contributed by atoms with van der Waals surface area (Å²) in [7, 11) is 0. The molecular weight excluding hydrogens is 608 g/mol. The lowest BCUT2D eigenvalue weighted by Gasteiger charge is -2.16. The predicted molar refractivity (Wildman–Crippen MR) is 193 cm³/mol. The van der Waals surface area contributed by atoms with E-state index in [0.29, 0.717) is 12.8 Å². The molecule has 0 fully saturated rings. The minimum absolute atomic E-state index is 0.00976. The van der Waals surface area contributed by atoms with Crippen molar-refractivity contribution < 1.29 is 38.9 Å². The molecule has 0 amide bonds. The summed E-state index contributed by atoms with van der Waals surface area (Å²) < 4.78 is 9.25. The van der Waals surface area contributed by atoms with Crippen LogP contribution >= 0.6 is 0 Å². The van der Waals surface area contributed by atoms with Gasteiger partial charge in [-0.1, -0.05) is 194 Å². The summed E-state index contributed by atoms with van der Waals surface area (Å²) in [6.45, 7) is 4.49. The van der Waals surface area contributed by atoms with E-state index in [0.717, 1.165) is 38.5 Å². The molecule has 282 valence electrons. The SMILES string of the molecule is CCCCCCCCCCCCCCCCCC(=O)OC(=O)C(=O)C(O)C(O)OC(=O)CCCCCCCCCCCCCCCCC. The molecule has 0 aromatic carbocycles. The van der Waals surface area contributed by atoms with E-state index >= 15 is 0 Å². The van der Waals surface area contributed by atoms with Crippen LogP contribution in [0.3, 0.4) is 0 Å². The van der Waals surface area contributed by atoms with Gasteiger partial charge in [0.05, 0.1) is 0 Å². The van der Waals surface area contributed by atoms with Gasteiger partial charge in [-0.15, -0.1) is 0 Å². The Morgan fingerprint density at radius 1 is 0.417 bits per heavy atom. The van der Waals surface area contributed by atoms with Gasteiger partial charge in [0.25, 0.3) is 5.78 Å². The molecule has 0 saturated heterocycles. The monoisotopic (exact) mass is 683 g/mol. The highest BCUT2D eigenvalue weighted by molar-refractivity contribution is 6.37. The fraction of sp³-hybridized carbons (Fsp3) is 0.900. The normalized spacial score (nSPS) is 12.5. The van der Waals surface area contributed by atoms with Crippen molar-refractivity contribution in [3.8, 4) is 0 Å². The predicted octanol–water partition coefficient (Wildman–Crippen LogP) is 10.4. The molecule has 0 bridgehead atoms. The Kier molecular flexibility index (Phi) is 33.7. The van der Waals surface area contributed by atoms with Crippen LogP contribution in [0, 0.1) is 0 Å². The van der Waals surface area contributed by atoms with E-state index < -0.39 is 36.1 Å². The zero-order valence-corrected chi connectivity index (χ0v) is 31.1. The van der Waals surface area contributed by atoms with E-state index in [4.69, 9.17) is 4.74 Å². The number of unbranched alkanes of at least 4 members (excludes halogenated alkanes) is 28. The molecule has 0 aliphatic carbocycles. The van der Waals surface area contributed by atoms with Crippen molar-refractivity contribution in [1.82, 2.24) is 0 Å². The first-order valence-corrected chi connectivity index (χ1v) is 20.2. The first kappa shape index (κ1) is 46.2. The summed E-state index contributed by atoms with van der Waals surface area (Å²) in [6, 6.07) is 0. The summed E-state index contributed by atoms with van der Waals surface area (Å²) >= 11 is 0. The molecule has 0 radical (unpaired) electrons. The standard InChI is InChI=1S/C40H74O8/c1-3-5-7-9-11-13-15-17-19-21-23-25-27-29-31-33-35(41)47-39(45)37(43)38(44)40(46)48-36(42)34-32-30-28-26-24-22-20-18-16-14-12-10-8-6-4-2/h37,39,43,45H,3-34H2,1-2H3. The lowest BCUT2D eigenvalue weighted by atomic mass is 10.0. The zero-order valence-electron chi connectivity index (χ0n) is 31.1. The van der Waals surface area contributed by atoms with E-state index in [1.165, 1.54) is 141 Å². The van der Waals surface area contributed by atoms with Crippen LogP contribution < -0.4 is 0 Å².